The Morgan fingerprint density at radius 3 is 2.67 bits per heavy atom. The van der Waals surface area contributed by atoms with E-state index in [2.05, 4.69) is 0 Å². The van der Waals surface area contributed by atoms with E-state index in [0.717, 1.165) is 43.5 Å². The molecule has 0 aromatic heterocycles. The van der Waals surface area contributed by atoms with Gasteiger partial charge in [0.1, 0.15) is 12.4 Å². The fraction of sp³-hybridized carbons (Fsp3) is 0.417. The van der Waals surface area contributed by atoms with Crippen molar-refractivity contribution in [1.29, 1.82) is 0 Å². The van der Waals surface area contributed by atoms with E-state index in [1.165, 1.54) is 0 Å². The van der Waals surface area contributed by atoms with Crippen molar-refractivity contribution in [2.75, 3.05) is 24.7 Å². The topological polar surface area (TPSA) is 65.1 Å². The van der Waals surface area contributed by atoms with Crippen LogP contribution in [0.1, 0.15) is 42.1 Å². The minimum Gasteiger partial charge on any atom is -0.491 e. The molecule has 4 rings (SSSR count). The van der Waals surface area contributed by atoms with Crippen molar-refractivity contribution in [3.05, 3.63) is 59.7 Å². The third-order valence-electron chi connectivity index (χ3n) is 5.67. The standard InChI is InChI=1S/C24H27NO5/c1-17-8-9-18-5-2-3-7-22(18)25(17)23(26)16-30-24(27)19-10-12-20(13-11-19)29-15-21-6-4-14-28-21/h2-3,5,7,10-13,17,21H,4,6,8-9,14-16H2,1H3. The number of ether oxygens (including phenoxy) is 3. The summed E-state index contributed by atoms with van der Waals surface area (Å²) in [4.78, 5) is 26.9. The molecule has 2 atom stereocenters. The van der Waals surface area contributed by atoms with E-state index in [9.17, 15) is 9.59 Å². The lowest BCUT2D eigenvalue weighted by molar-refractivity contribution is -0.122. The number of carbonyl (C=O) groups is 2. The molecule has 2 aliphatic heterocycles. The number of nitrogens with zero attached hydrogens (tertiary/aromatic N) is 1. The molecular formula is C24H27NO5. The van der Waals surface area contributed by atoms with Crippen molar-refractivity contribution in [2.45, 2.75) is 44.8 Å². The molecule has 2 aromatic carbocycles. The van der Waals surface area contributed by atoms with Gasteiger partial charge >= 0.3 is 5.97 Å². The van der Waals surface area contributed by atoms with Gasteiger partial charge in [-0.15, -0.1) is 0 Å². The van der Waals surface area contributed by atoms with Gasteiger partial charge in [-0.1, -0.05) is 18.2 Å². The normalized spacial score (nSPS) is 20.5. The summed E-state index contributed by atoms with van der Waals surface area (Å²) in [7, 11) is 0. The molecule has 2 heterocycles. The number of esters is 1. The van der Waals surface area contributed by atoms with Gasteiger partial charge in [-0.05, 0) is 68.5 Å². The Kier molecular flexibility index (Phi) is 6.33. The maximum atomic E-state index is 12.8. The third kappa shape index (κ3) is 4.65. The van der Waals surface area contributed by atoms with E-state index < -0.39 is 5.97 Å². The molecule has 1 saturated heterocycles. The highest BCUT2D eigenvalue weighted by Gasteiger charge is 2.28. The summed E-state index contributed by atoms with van der Waals surface area (Å²) in [6, 6.07) is 14.7. The molecule has 0 saturated carbocycles. The monoisotopic (exact) mass is 409 g/mol. The molecule has 0 N–H and O–H groups in total. The number of hydrogen-bond acceptors (Lipinski definition) is 5. The van der Waals surface area contributed by atoms with E-state index in [0.29, 0.717) is 17.9 Å². The minimum atomic E-state index is -0.521. The van der Waals surface area contributed by atoms with Crippen LogP contribution in [0, 0.1) is 0 Å². The van der Waals surface area contributed by atoms with Gasteiger partial charge in [0, 0.05) is 18.3 Å². The van der Waals surface area contributed by atoms with Crippen molar-refractivity contribution >= 4 is 17.6 Å². The van der Waals surface area contributed by atoms with Crippen molar-refractivity contribution < 1.29 is 23.8 Å². The molecule has 0 bridgehead atoms. The molecule has 2 aliphatic rings. The van der Waals surface area contributed by atoms with Crippen LogP contribution in [-0.2, 0) is 20.7 Å². The van der Waals surface area contributed by atoms with E-state index in [1.807, 2.05) is 31.2 Å². The maximum absolute atomic E-state index is 12.8. The Bertz CT molecular complexity index is 889. The predicted molar refractivity (Wildman–Crippen MR) is 113 cm³/mol. The Labute approximate surface area is 176 Å². The SMILES string of the molecule is CC1CCc2ccccc2N1C(=O)COC(=O)c1ccc(OCC2CCCO2)cc1. The summed E-state index contributed by atoms with van der Waals surface area (Å²) in [5.41, 5.74) is 2.44. The summed E-state index contributed by atoms with van der Waals surface area (Å²) >= 11 is 0. The van der Waals surface area contributed by atoms with Crippen molar-refractivity contribution in [3.63, 3.8) is 0 Å². The van der Waals surface area contributed by atoms with Crippen LogP contribution in [0.25, 0.3) is 0 Å². The first kappa shape index (κ1) is 20.4. The molecule has 0 spiro atoms. The van der Waals surface area contributed by atoms with E-state index in [1.54, 1.807) is 29.2 Å². The van der Waals surface area contributed by atoms with Gasteiger partial charge < -0.3 is 19.1 Å². The van der Waals surface area contributed by atoms with Gasteiger partial charge in [-0.25, -0.2) is 4.79 Å². The second-order valence-electron chi connectivity index (χ2n) is 7.83. The van der Waals surface area contributed by atoms with Crippen molar-refractivity contribution in [2.24, 2.45) is 0 Å². The number of fused-ring (bicyclic) bond motifs is 1. The number of para-hydroxylation sites is 1. The van der Waals surface area contributed by atoms with Crippen LogP contribution in [0.3, 0.4) is 0 Å². The Morgan fingerprint density at radius 1 is 1.10 bits per heavy atom. The number of amides is 1. The first-order chi connectivity index (χ1) is 14.6. The van der Waals surface area contributed by atoms with Crippen molar-refractivity contribution in [1.82, 2.24) is 0 Å². The number of rotatable bonds is 6. The molecule has 2 aromatic rings. The van der Waals surface area contributed by atoms with Crippen LogP contribution in [0.2, 0.25) is 0 Å². The number of benzene rings is 2. The minimum absolute atomic E-state index is 0.0754. The molecular weight excluding hydrogens is 382 g/mol. The first-order valence-electron chi connectivity index (χ1n) is 10.5. The third-order valence-corrected chi connectivity index (χ3v) is 5.67. The van der Waals surface area contributed by atoms with Gasteiger partial charge in [0.2, 0.25) is 0 Å². The maximum Gasteiger partial charge on any atom is 0.338 e. The molecule has 1 amide bonds. The van der Waals surface area contributed by atoms with Gasteiger partial charge in [-0.3, -0.25) is 4.79 Å². The lowest BCUT2D eigenvalue weighted by atomic mass is 9.96. The summed E-state index contributed by atoms with van der Waals surface area (Å²) in [5, 5.41) is 0. The van der Waals surface area contributed by atoms with Gasteiger partial charge in [0.25, 0.3) is 5.91 Å². The van der Waals surface area contributed by atoms with Crippen LogP contribution in [0.5, 0.6) is 5.75 Å². The average molecular weight is 409 g/mol. The number of anilines is 1. The molecule has 0 aliphatic carbocycles. The number of hydrogen-bond donors (Lipinski definition) is 0. The highest BCUT2D eigenvalue weighted by Crippen LogP contribution is 2.30. The Balaban J connectivity index is 1.31. The van der Waals surface area contributed by atoms with Crippen molar-refractivity contribution in [3.8, 4) is 5.75 Å². The molecule has 2 unspecified atom stereocenters. The quantitative estimate of drug-likeness (QED) is 0.680. The zero-order valence-electron chi connectivity index (χ0n) is 17.2. The zero-order chi connectivity index (χ0) is 20.9. The van der Waals surface area contributed by atoms with Gasteiger partial charge in [-0.2, -0.15) is 0 Å². The molecule has 30 heavy (non-hydrogen) atoms. The second kappa shape index (κ2) is 9.30. The zero-order valence-corrected chi connectivity index (χ0v) is 17.2. The predicted octanol–water partition coefficient (Wildman–Crippen LogP) is 3.77. The Morgan fingerprint density at radius 2 is 1.90 bits per heavy atom. The Hall–Kier alpha value is -2.86. The van der Waals surface area contributed by atoms with E-state index in [4.69, 9.17) is 14.2 Å². The molecule has 6 heteroatoms. The summed E-state index contributed by atoms with van der Waals surface area (Å²) in [6.07, 6.45) is 4.06. The lowest BCUT2D eigenvalue weighted by Gasteiger charge is -2.35. The van der Waals surface area contributed by atoms with Gasteiger partial charge in [0.05, 0.1) is 11.7 Å². The number of aryl methyl sites for hydroxylation is 1. The second-order valence-corrected chi connectivity index (χ2v) is 7.83. The summed E-state index contributed by atoms with van der Waals surface area (Å²) < 4.78 is 16.5. The van der Waals surface area contributed by atoms with E-state index in [-0.39, 0.29) is 24.7 Å². The number of carbonyl (C=O) groups excluding carboxylic acids is 2. The highest BCUT2D eigenvalue weighted by atomic mass is 16.5. The van der Waals surface area contributed by atoms with Crippen LogP contribution < -0.4 is 9.64 Å². The average Bonchev–Trinajstić information content (AvgIpc) is 3.30. The van der Waals surface area contributed by atoms with Crippen LogP contribution in [0.4, 0.5) is 5.69 Å². The van der Waals surface area contributed by atoms with Crippen LogP contribution in [-0.4, -0.2) is 43.8 Å². The fourth-order valence-electron chi connectivity index (χ4n) is 4.00. The van der Waals surface area contributed by atoms with E-state index >= 15 is 0 Å². The fourth-order valence-corrected chi connectivity index (χ4v) is 4.00. The smallest absolute Gasteiger partial charge is 0.338 e. The molecule has 158 valence electrons. The largest absolute Gasteiger partial charge is 0.491 e. The molecule has 1 fully saturated rings. The van der Waals surface area contributed by atoms with Crippen LogP contribution >= 0.6 is 0 Å². The summed E-state index contributed by atoms with van der Waals surface area (Å²) in [5.74, 6) is -0.0524. The first-order valence-corrected chi connectivity index (χ1v) is 10.5. The lowest BCUT2D eigenvalue weighted by Crippen LogP contribution is -2.44. The molecule has 6 nitrogen and oxygen atoms in total. The van der Waals surface area contributed by atoms with Crippen LogP contribution in [0.15, 0.2) is 48.5 Å². The highest BCUT2D eigenvalue weighted by molar-refractivity contribution is 5.98. The van der Waals surface area contributed by atoms with Gasteiger partial charge in [0.15, 0.2) is 6.61 Å². The summed E-state index contributed by atoms with van der Waals surface area (Å²) in [6.45, 7) is 3.03. The molecule has 0 radical (unpaired) electrons.